The van der Waals surface area contributed by atoms with Crippen LogP contribution < -0.4 is 4.72 Å². The second kappa shape index (κ2) is 3.67. The van der Waals surface area contributed by atoms with E-state index in [0.717, 1.165) is 41.8 Å². The zero-order valence-electron chi connectivity index (χ0n) is 8.04. The van der Waals surface area contributed by atoms with Gasteiger partial charge in [0.2, 0.25) is 0 Å². The third-order valence-electron chi connectivity index (χ3n) is 2.48. The molecule has 2 heterocycles. The molecule has 1 atom stereocenters. The van der Waals surface area contributed by atoms with Gasteiger partial charge in [0.25, 0.3) is 0 Å². The van der Waals surface area contributed by atoms with Gasteiger partial charge in [-0.05, 0) is 29.3 Å². The first-order valence-electron chi connectivity index (χ1n) is 4.56. The molecule has 1 aliphatic heterocycles. The highest BCUT2D eigenvalue weighted by atomic mass is 32.2. The van der Waals surface area contributed by atoms with E-state index < -0.39 is 10.9 Å². The Morgan fingerprint density at radius 3 is 3.21 bits per heavy atom. The van der Waals surface area contributed by atoms with Gasteiger partial charge in [-0.25, -0.2) is 0 Å². The first kappa shape index (κ1) is 9.61. The molecule has 4 nitrogen and oxygen atoms in total. The predicted molar refractivity (Wildman–Crippen MR) is 55.5 cm³/mol. The van der Waals surface area contributed by atoms with Crippen LogP contribution in [-0.2, 0) is 24.3 Å². The van der Waals surface area contributed by atoms with Gasteiger partial charge in [0.15, 0.2) is 6.29 Å². The molecule has 1 unspecified atom stereocenters. The molecule has 76 valence electrons. The SMILES string of the molecule is Cn1cc2c(c1C=O)CCCNS2=N. The average Bonchev–Trinajstić information content (AvgIpc) is 2.39. The number of carbonyl (C=O) groups is 1. The maximum atomic E-state index is 10.9. The van der Waals surface area contributed by atoms with Gasteiger partial charge in [0, 0.05) is 19.8 Å². The molecular formula is C9H13N3OS. The van der Waals surface area contributed by atoms with E-state index in [1.807, 2.05) is 17.8 Å². The molecule has 1 aliphatic rings. The maximum Gasteiger partial charge on any atom is 0.166 e. The number of nitrogens with zero attached hydrogens (tertiary/aromatic N) is 1. The van der Waals surface area contributed by atoms with Crippen LogP contribution in [0.1, 0.15) is 22.5 Å². The average molecular weight is 211 g/mol. The van der Waals surface area contributed by atoms with Crippen LogP contribution >= 0.6 is 0 Å². The Morgan fingerprint density at radius 1 is 1.71 bits per heavy atom. The molecule has 0 spiro atoms. The summed E-state index contributed by atoms with van der Waals surface area (Å²) in [6.07, 6.45) is 4.69. The Bertz CT molecular complexity index is 397. The summed E-state index contributed by atoms with van der Waals surface area (Å²) in [6, 6.07) is 0. The first-order chi connectivity index (χ1) is 6.74. The Hall–Kier alpha value is -0.940. The molecule has 14 heavy (non-hydrogen) atoms. The highest BCUT2D eigenvalue weighted by molar-refractivity contribution is 7.84. The van der Waals surface area contributed by atoms with Crippen molar-refractivity contribution in [2.24, 2.45) is 7.05 Å². The number of rotatable bonds is 1. The lowest BCUT2D eigenvalue weighted by Gasteiger charge is -2.00. The molecule has 0 radical (unpaired) electrons. The smallest absolute Gasteiger partial charge is 0.166 e. The monoisotopic (exact) mass is 211 g/mol. The molecular weight excluding hydrogens is 198 g/mol. The number of fused-ring (bicyclic) bond motifs is 1. The fourth-order valence-electron chi connectivity index (χ4n) is 1.76. The Kier molecular flexibility index (Phi) is 2.52. The molecule has 0 saturated heterocycles. The van der Waals surface area contributed by atoms with E-state index in [2.05, 4.69) is 4.72 Å². The van der Waals surface area contributed by atoms with Crippen molar-refractivity contribution >= 4 is 17.2 Å². The molecule has 0 amide bonds. The molecule has 2 rings (SSSR count). The molecule has 1 aromatic heterocycles. The number of hydrogen-bond donors (Lipinski definition) is 2. The number of aryl methyl sites for hydroxylation is 1. The highest BCUT2D eigenvalue weighted by Crippen LogP contribution is 2.22. The summed E-state index contributed by atoms with van der Waals surface area (Å²) >= 11 is 0. The summed E-state index contributed by atoms with van der Waals surface area (Å²) in [7, 11) is 1.20. The molecule has 5 heteroatoms. The van der Waals surface area contributed by atoms with E-state index in [4.69, 9.17) is 4.78 Å². The van der Waals surface area contributed by atoms with Crippen LogP contribution in [-0.4, -0.2) is 17.4 Å². The largest absolute Gasteiger partial charge is 0.347 e. The molecule has 0 saturated carbocycles. The van der Waals surface area contributed by atoms with Crippen LogP contribution in [0.3, 0.4) is 0 Å². The summed E-state index contributed by atoms with van der Waals surface area (Å²) in [6.45, 7) is 0.864. The van der Waals surface area contributed by atoms with Gasteiger partial charge in [-0.3, -0.25) is 14.3 Å². The normalized spacial score (nSPS) is 21.4. The van der Waals surface area contributed by atoms with Crippen LogP contribution in [0.5, 0.6) is 0 Å². The number of aldehydes is 1. The van der Waals surface area contributed by atoms with Crippen LogP contribution in [0, 0.1) is 4.78 Å². The predicted octanol–water partition coefficient (Wildman–Crippen LogP) is 1.03. The minimum Gasteiger partial charge on any atom is -0.347 e. The second-order valence-corrected chi connectivity index (χ2v) is 4.73. The van der Waals surface area contributed by atoms with Crippen molar-refractivity contribution in [3.05, 3.63) is 17.5 Å². The Balaban J connectivity index is 2.57. The number of carbonyl (C=O) groups excluding carboxylic acids is 1. The van der Waals surface area contributed by atoms with Gasteiger partial charge < -0.3 is 4.57 Å². The number of nitrogens with one attached hydrogen (secondary N) is 2. The van der Waals surface area contributed by atoms with Crippen molar-refractivity contribution in [2.45, 2.75) is 17.7 Å². The topological polar surface area (TPSA) is 57.9 Å². The number of hydrogen-bond acceptors (Lipinski definition) is 2. The van der Waals surface area contributed by atoms with Gasteiger partial charge in [-0.15, -0.1) is 0 Å². The molecule has 0 aliphatic carbocycles. The van der Waals surface area contributed by atoms with Gasteiger partial charge in [-0.2, -0.15) is 0 Å². The second-order valence-electron chi connectivity index (χ2n) is 3.39. The zero-order valence-corrected chi connectivity index (χ0v) is 8.86. The van der Waals surface area contributed by atoms with E-state index >= 15 is 0 Å². The first-order valence-corrected chi connectivity index (χ1v) is 5.79. The van der Waals surface area contributed by atoms with Gasteiger partial charge >= 0.3 is 0 Å². The van der Waals surface area contributed by atoms with E-state index in [1.165, 1.54) is 0 Å². The molecule has 0 bridgehead atoms. The quantitative estimate of drug-likeness (QED) is 0.682. The minimum absolute atomic E-state index is 0.653. The molecule has 2 N–H and O–H groups in total. The van der Waals surface area contributed by atoms with Crippen molar-refractivity contribution in [1.82, 2.24) is 9.29 Å². The van der Waals surface area contributed by atoms with Crippen molar-refractivity contribution in [3.63, 3.8) is 0 Å². The number of aromatic nitrogens is 1. The van der Waals surface area contributed by atoms with Crippen molar-refractivity contribution < 1.29 is 4.79 Å². The zero-order chi connectivity index (χ0) is 10.1. The Morgan fingerprint density at radius 2 is 2.50 bits per heavy atom. The third-order valence-corrected chi connectivity index (χ3v) is 3.76. The van der Waals surface area contributed by atoms with Crippen LogP contribution in [0.4, 0.5) is 0 Å². The lowest BCUT2D eigenvalue weighted by Crippen LogP contribution is -2.15. The van der Waals surface area contributed by atoms with Crippen molar-refractivity contribution in [1.29, 1.82) is 4.78 Å². The fraction of sp³-hybridized carbons (Fsp3) is 0.444. The van der Waals surface area contributed by atoms with Gasteiger partial charge in [0.1, 0.15) is 0 Å². The van der Waals surface area contributed by atoms with E-state index in [0.29, 0.717) is 0 Å². The molecule has 1 aromatic rings. The highest BCUT2D eigenvalue weighted by Gasteiger charge is 2.18. The lowest BCUT2D eigenvalue weighted by molar-refractivity contribution is 0.111. The van der Waals surface area contributed by atoms with Crippen molar-refractivity contribution in [2.75, 3.05) is 6.54 Å². The van der Waals surface area contributed by atoms with E-state index in [-0.39, 0.29) is 0 Å². The maximum absolute atomic E-state index is 10.9. The summed E-state index contributed by atoms with van der Waals surface area (Å²) in [5.41, 5.74) is 1.79. The van der Waals surface area contributed by atoms with E-state index in [1.54, 1.807) is 0 Å². The third kappa shape index (κ3) is 1.42. The van der Waals surface area contributed by atoms with Crippen molar-refractivity contribution in [3.8, 4) is 0 Å². The van der Waals surface area contributed by atoms with Gasteiger partial charge in [-0.1, -0.05) is 0 Å². The fourth-order valence-corrected chi connectivity index (χ4v) is 2.98. The standard InChI is InChI=1S/C9H13N3OS/c1-12-5-9-7(8(12)6-13)3-2-4-11-14(9)10/h5-6H,2-4H2,1H3,(H2,10,11). The summed E-state index contributed by atoms with van der Waals surface area (Å²) in [5, 5.41) is 0. The Labute approximate surface area is 85.3 Å². The molecule has 0 fully saturated rings. The molecule has 0 aromatic carbocycles. The summed E-state index contributed by atoms with van der Waals surface area (Å²) < 4.78 is 12.8. The summed E-state index contributed by atoms with van der Waals surface area (Å²) in [5.74, 6) is 0. The van der Waals surface area contributed by atoms with Crippen LogP contribution in [0.25, 0.3) is 0 Å². The lowest BCUT2D eigenvalue weighted by atomic mass is 10.1. The van der Waals surface area contributed by atoms with Crippen LogP contribution in [0.2, 0.25) is 0 Å². The van der Waals surface area contributed by atoms with E-state index in [9.17, 15) is 4.79 Å². The summed E-state index contributed by atoms with van der Waals surface area (Å²) in [4.78, 5) is 11.9. The minimum atomic E-state index is -0.653. The van der Waals surface area contributed by atoms with Gasteiger partial charge in [0.05, 0.1) is 10.6 Å². The van der Waals surface area contributed by atoms with Crippen LogP contribution in [0.15, 0.2) is 11.1 Å².